The average molecular weight is 208 g/mol. The average Bonchev–Trinajstić information content (AvgIpc) is 2.30. The minimum atomic E-state index is 1.06. The second-order valence-corrected chi connectivity index (χ2v) is 3.95. The van der Waals surface area contributed by atoms with Gasteiger partial charge in [-0.2, -0.15) is 0 Å². The first-order chi connectivity index (χ1) is 6.90. The molecular formula is C11H16N2S. The molecule has 0 bridgehead atoms. The molecule has 1 heterocycles. The molecular weight excluding hydrogens is 192 g/mol. The van der Waals surface area contributed by atoms with Crippen molar-refractivity contribution >= 4 is 17.7 Å². The lowest BCUT2D eigenvalue weighted by atomic mass is 10.1. The predicted octanol–water partition coefficient (Wildman–Crippen LogP) is 1.80. The smallest absolute Gasteiger partial charge is 0.0642 e. The van der Waals surface area contributed by atoms with Crippen LogP contribution in [0.4, 0.5) is 0 Å². The van der Waals surface area contributed by atoms with Gasteiger partial charge in [-0.1, -0.05) is 24.4 Å². The predicted molar refractivity (Wildman–Crippen MR) is 63.3 cm³/mol. The summed E-state index contributed by atoms with van der Waals surface area (Å²) in [5, 5.41) is 0. The van der Waals surface area contributed by atoms with E-state index in [1.807, 2.05) is 0 Å². The first kappa shape index (κ1) is 9.71. The molecule has 0 spiro atoms. The Morgan fingerprint density at radius 2 is 1.93 bits per heavy atom. The maximum absolute atomic E-state index is 4.92. The molecule has 2 aliphatic rings. The molecule has 0 atom stereocenters. The highest BCUT2D eigenvalue weighted by atomic mass is 32.1. The molecule has 0 aromatic heterocycles. The van der Waals surface area contributed by atoms with Gasteiger partial charge in [0, 0.05) is 31.9 Å². The molecule has 0 radical (unpaired) electrons. The van der Waals surface area contributed by atoms with Crippen LogP contribution in [-0.4, -0.2) is 41.5 Å². The number of rotatable bonds is 2. The Bertz CT molecular complexity index is 262. The zero-order valence-corrected chi connectivity index (χ0v) is 9.17. The largest absolute Gasteiger partial charge is 0.368 e. The molecule has 1 aliphatic carbocycles. The third kappa shape index (κ3) is 2.15. The molecule has 0 amide bonds. The van der Waals surface area contributed by atoms with Gasteiger partial charge in [-0.25, -0.2) is 0 Å². The van der Waals surface area contributed by atoms with Gasteiger partial charge in [0.15, 0.2) is 0 Å². The summed E-state index contributed by atoms with van der Waals surface area (Å²) >= 11 is 4.92. The Hall–Kier alpha value is -0.830. The Kier molecular flexibility index (Phi) is 3.19. The highest BCUT2D eigenvalue weighted by molar-refractivity contribution is 7.78. The minimum absolute atomic E-state index is 1.06. The van der Waals surface area contributed by atoms with Crippen molar-refractivity contribution in [3.05, 3.63) is 23.9 Å². The Balaban J connectivity index is 1.91. The lowest BCUT2D eigenvalue weighted by molar-refractivity contribution is 0.232. The summed E-state index contributed by atoms with van der Waals surface area (Å²) < 4.78 is 0. The van der Waals surface area contributed by atoms with Gasteiger partial charge in [-0.15, -0.1) is 0 Å². The molecule has 14 heavy (non-hydrogen) atoms. The van der Waals surface area contributed by atoms with Crippen LogP contribution >= 0.6 is 12.2 Å². The summed E-state index contributed by atoms with van der Waals surface area (Å²) in [6, 6.07) is 0. The van der Waals surface area contributed by atoms with Crippen molar-refractivity contribution in [1.82, 2.24) is 9.80 Å². The molecule has 0 N–H and O–H groups in total. The van der Waals surface area contributed by atoms with Crippen molar-refractivity contribution in [2.45, 2.75) is 12.8 Å². The van der Waals surface area contributed by atoms with Crippen molar-refractivity contribution in [3.8, 4) is 0 Å². The molecule has 2 nitrogen and oxygen atoms in total. The van der Waals surface area contributed by atoms with E-state index in [4.69, 9.17) is 12.2 Å². The standard InChI is InChI=1S/C11H16N2S/c14-10-12-6-8-13(9-7-12)11-4-2-1-3-5-11/h2,4-5,10H,1,3,6-9H2. The zero-order chi connectivity index (χ0) is 9.80. The SMILES string of the molecule is S=CN1CCN(C2=CCCC=C2)CC1. The van der Waals surface area contributed by atoms with E-state index in [2.05, 4.69) is 28.0 Å². The lowest BCUT2D eigenvalue weighted by Gasteiger charge is -2.36. The fourth-order valence-electron chi connectivity index (χ4n) is 1.92. The highest BCUT2D eigenvalue weighted by Gasteiger charge is 2.15. The molecule has 0 aromatic rings. The molecule has 3 heteroatoms. The number of hydrogen-bond acceptors (Lipinski definition) is 2. The van der Waals surface area contributed by atoms with Crippen LogP contribution < -0.4 is 0 Å². The Morgan fingerprint density at radius 3 is 2.50 bits per heavy atom. The van der Waals surface area contributed by atoms with E-state index in [-0.39, 0.29) is 0 Å². The molecule has 76 valence electrons. The summed E-state index contributed by atoms with van der Waals surface area (Å²) in [7, 11) is 0. The van der Waals surface area contributed by atoms with Crippen LogP contribution in [0.2, 0.25) is 0 Å². The van der Waals surface area contributed by atoms with E-state index < -0.39 is 0 Å². The van der Waals surface area contributed by atoms with Crippen LogP contribution in [0.1, 0.15) is 12.8 Å². The van der Waals surface area contributed by atoms with E-state index in [0.717, 1.165) is 26.2 Å². The molecule has 0 aromatic carbocycles. The highest BCUT2D eigenvalue weighted by Crippen LogP contribution is 2.15. The summed E-state index contributed by atoms with van der Waals surface area (Å²) in [6.07, 6.45) is 9.24. The monoisotopic (exact) mass is 208 g/mol. The van der Waals surface area contributed by atoms with E-state index in [1.165, 1.54) is 18.5 Å². The Morgan fingerprint density at radius 1 is 1.14 bits per heavy atom. The van der Waals surface area contributed by atoms with Gasteiger partial charge in [0.1, 0.15) is 0 Å². The number of piperazine rings is 1. The quantitative estimate of drug-likeness (QED) is 0.639. The maximum Gasteiger partial charge on any atom is 0.0642 e. The molecule has 1 saturated heterocycles. The van der Waals surface area contributed by atoms with E-state index in [9.17, 15) is 0 Å². The summed E-state index contributed by atoms with van der Waals surface area (Å²) in [6.45, 7) is 4.33. The van der Waals surface area contributed by atoms with Crippen molar-refractivity contribution in [3.63, 3.8) is 0 Å². The summed E-state index contributed by atoms with van der Waals surface area (Å²) in [5.74, 6) is 0. The van der Waals surface area contributed by atoms with Crippen LogP contribution in [0.3, 0.4) is 0 Å². The molecule has 2 rings (SSSR count). The minimum Gasteiger partial charge on any atom is -0.368 e. The molecule has 0 unspecified atom stereocenters. The van der Waals surface area contributed by atoms with Gasteiger partial charge in [0.25, 0.3) is 0 Å². The fourth-order valence-corrected chi connectivity index (χ4v) is 2.13. The summed E-state index contributed by atoms with van der Waals surface area (Å²) in [5.41, 5.74) is 3.18. The molecule has 0 saturated carbocycles. The van der Waals surface area contributed by atoms with E-state index in [0.29, 0.717) is 0 Å². The van der Waals surface area contributed by atoms with Gasteiger partial charge in [-0.05, 0) is 18.9 Å². The van der Waals surface area contributed by atoms with Crippen molar-refractivity contribution in [2.75, 3.05) is 26.2 Å². The number of hydrogen-bond donors (Lipinski definition) is 0. The van der Waals surface area contributed by atoms with Gasteiger partial charge in [0.05, 0.1) is 5.49 Å². The zero-order valence-electron chi connectivity index (χ0n) is 8.35. The van der Waals surface area contributed by atoms with Crippen LogP contribution in [0.5, 0.6) is 0 Å². The van der Waals surface area contributed by atoms with E-state index in [1.54, 1.807) is 5.49 Å². The van der Waals surface area contributed by atoms with Crippen LogP contribution in [0.25, 0.3) is 0 Å². The second kappa shape index (κ2) is 4.60. The second-order valence-electron chi connectivity index (χ2n) is 3.74. The van der Waals surface area contributed by atoms with Crippen LogP contribution in [-0.2, 0) is 0 Å². The van der Waals surface area contributed by atoms with Gasteiger partial charge in [0.2, 0.25) is 0 Å². The Labute approximate surface area is 90.9 Å². The van der Waals surface area contributed by atoms with Gasteiger partial charge >= 0.3 is 0 Å². The maximum atomic E-state index is 4.92. The third-order valence-corrected chi connectivity index (χ3v) is 3.10. The topological polar surface area (TPSA) is 6.48 Å². The number of thiocarbonyl (C=S) groups is 1. The first-order valence-electron chi connectivity index (χ1n) is 5.21. The van der Waals surface area contributed by atoms with E-state index >= 15 is 0 Å². The van der Waals surface area contributed by atoms with Crippen molar-refractivity contribution < 1.29 is 0 Å². The van der Waals surface area contributed by atoms with Gasteiger partial charge in [-0.3, -0.25) is 0 Å². The number of allylic oxidation sites excluding steroid dienone is 3. The summed E-state index contributed by atoms with van der Waals surface area (Å²) in [4.78, 5) is 4.66. The van der Waals surface area contributed by atoms with Gasteiger partial charge < -0.3 is 9.80 Å². The number of nitrogens with zero attached hydrogens (tertiary/aromatic N) is 2. The molecule has 1 fully saturated rings. The van der Waals surface area contributed by atoms with Crippen molar-refractivity contribution in [1.29, 1.82) is 0 Å². The van der Waals surface area contributed by atoms with Crippen molar-refractivity contribution in [2.24, 2.45) is 0 Å². The normalized spacial score (nSPS) is 22.1. The van der Waals surface area contributed by atoms with Crippen LogP contribution in [0.15, 0.2) is 23.9 Å². The molecule has 1 aliphatic heterocycles. The first-order valence-corrected chi connectivity index (χ1v) is 5.68. The fraction of sp³-hybridized carbons (Fsp3) is 0.545. The lowest BCUT2D eigenvalue weighted by Crippen LogP contribution is -2.44. The third-order valence-electron chi connectivity index (χ3n) is 2.80. The van der Waals surface area contributed by atoms with Crippen LogP contribution in [0, 0.1) is 0 Å².